The fraction of sp³-hybridized carbons (Fsp3) is 0.273. The summed E-state index contributed by atoms with van der Waals surface area (Å²) < 4.78 is 0. The smallest absolute Gasteiger partial charge is 0.335 e. The van der Waals surface area contributed by atoms with Crippen LogP contribution in [0.5, 0.6) is 0 Å². The number of carboxylic acid groups (broad SMARTS) is 2. The summed E-state index contributed by atoms with van der Waals surface area (Å²) in [5.41, 5.74) is 0.862. The molecule has 5 heteroatoms. The van der Waals surface area contributed by atoms with Crippen molar-refractivity contribution in [3.05, 3.63) is 34.4 Å². The Hall–Kier alpha value is -1.88. The molecule has 16 heavy (non-hydrogen) atoms. The van der Waals surface area contributed by atoms with Crippen molar-refractivity contribution >= 4 is 11.9 Å². The van der Waals surface area contributed by atoms with Gasteiger partial charge in [-0.15, -0.1) is 0 Å². The summed E-state index contributed by atoms with van der Waals surface area (Å²) in [5.74, 6) is -2.22. The number of carbonyl (C=O) groups is 2. The highest BCUT2D eigenvalue weighted by molar-refractivity contribution is 5.94. The lowest BCUT2D eigenvalue weighted by Crippen LogP contribution is -2.10. The SMILES string of the molecule is Cc1c(C(=O)O)ccc(C(=O)O)c1CCO. The number of aliphatic hydroxyl groups excluding tert-OH is 1. The molecule has 0 radical (unpaired) electrons. The fourth-order valence-electron chi connectivity index (χ4n) is 1.62. The molecule has 5 nitrogen and oxygen atoms in total. The van der Waals surface area contributed by atoms with Crippen molar-refractivity contribution in [2.75, 3.05) is 6.61 Å². The largest absolute Gasteiger partial charge is 0.478 e. The number of aromatic carboxylic acids is 2. The van der Waals surface area contributed by atoms with Crippen LogP contribution < -0.4 is 0 Å². The van der Waals surface area contributed by atoms with Crippen LogP contribution >= 0.6 is 0 Å². The average Bonchev–Trinajstić information content (AvgIpc) is 2.20. The van der Waals surface area contributed by atoms with Gasteiger partial charge in [0.15, 0.2) is 0 Å². The molecule has 0 unspecified atom stereocenters. The second-order valence-corrected chi connectivity index (χ2v) is 3.35. The minimum absolute atomic E-state index is 0.0385. The van der Waals surface area contributed by atoms with Crippen molar-refractivity contribution in [2.45, 2.75) is 13.3 Å². The summed E-state index contributed by atoms with van der Waals surface area (Å²) in [6, 6.07) is 2.52. The number of aliphatic hydroxyl groups is 1. The zero-order valence-corrected chi connectivity index (χ0v) is 8.73. The Bertz CT molecular complexity index is 436. The molecular formula is C11H12O5. The van der Waals surface area contributed by atoms with E-state index in [1.807, 2.05) is 0 Å². The first-order valence-corrected chi connectivity index (χ1v) is 4.69. The van der Waals surface area contributed by atoms with Crippen molar-refractivity contribution in [3.8, 4) is 0 Å². The molecule has 0 amide bonds. The fourth-order valence-corrected chi connectivity index (χ4v) is 1.62. The average molecular weight is 224 g/mol. The van der Waals surface area contributed by atoms with E-state index in [1.165, 1.54) is 12.1 Å². The van der Waals surface area contributed by atoms with Crippen LogP contribution in [0.4, 0.5) is 0 Å². The van der Waals surface area contributed by atoms with Gasteiger partial charge in [-0.1, -0.05) is 0 Å². The van der Waals surface area contributed by atoms with Crippen LogP contribution in [0.2, 0.25) is 0 Å². The zero-order chi connectivity index (χ0) is 12.3. The van der Waals surface area contributed by atoms with E-state index in [2.05, 4.69) is 0 Å². The van der Waals surface area contributed by atoms with Gasteiger partial charge in [0.25, 0.3) is 0 Å². The van der Waals surface area contributed by atoms with Gasteiger partial charge in [-0.05, 0) is 36.6 Å². The molecule has 0 saturated carbocycles. The van der Waals surface area contributed by atoms with Crippen molar-refractivity contribution in [1.29, 1.82) is 0 Å². The molecule has 0 fully saturated rings. The Morgan fingerprint density at radius 2 is 1.62 bits per heavy atom. The number of hydrogen-bond acceptors (Lipinski definition) is 3. The molecule has 0 heterocycles. The van der Waals surface area contributed by atoms with Crippen LogP contribution in [-0.2, 0) is 6.42 Å². The maximum atomic E-state index is 10.9. The zero-order valence-electron chi connectivity index (χ0n) is 8.73. The summed E-state index contributed by atoms with van der Waals surface area (Å²) in [4.78, 5) is 21.8. The molecule has 1 aromatic rings. The molecule has 0 aliphatic heterocycles. The number of benzene rings is 1. The van der Waals surface area contributed by atoms with Gasteiger partial charge in [0.05, 0.1) is 11.1 Å². The van der Waals surface area contributed by atoms with E-state index in [4.69, 9.17) is 15.3 Å². The predicted molar refractivity (Wildman–Crippen MR) is 55.9 cm³/mol. The van der Waals surface area contributed by atoms with Gasteiger partial charge < -0.3 is 15.3 Å². The lowest BCUT2D eigenvalue weighted by atomic mass is 9.95. The molecule has 3 N–H and O–H groups in total. The molecule has 1 aromatic carbocycles. The normalized spacial score (nSPS) is 10.1. The summed E-state index contributed by atoms with van der Waals surface area (Å²) in [5, 5.41) is 26.6. The van der Waals surface area contributed by atoms with Crippen LogP contribution in [-0.4, -0.2) is 33.9 Å². The highest BCUT2D eigenvalue weighted by Gasteiger charge is 2.17. The number of carboxylic acids is 2. The van der Waals surface area contributed by atoms with Gasteiger partial charge in [-0.3, -0.25) is 0 Å². The Kier molecular flexibility index (Phi) is 3.63. The number of hydrogen-bond donors (Lipinski definition) is 3. The van der Waals surface area contributed by atoms with Gasteiger partial charge >= 0.3 is 11.9 Å². The molecule has 86 valence electrons. The Morgan fingerprint density at radius 1 is 1.12 bits per heavy atom. The topological polar surface area (TPSA) is 94.8 Å². The molecule has 0 aliphatic rings. The minimum atomic E-state index is -1.12. The van der Waals surface area contributed by atoms with E-state index in [0.29, 0.717) is 11.1 Å². The second-order valence-electron chi connectivity index (χ2n) is 3.35. The Labute approximate surface area is 92.0 Å². The first-order chi connectivity index (χ1) is 7.49. The van der Waals surface area contributed by atoms with Crippen molar-refractivity contribution in [3.63, 3.8) is 0 Å². The molecule has 0 saturated heterocycles. The van der Waals surface area contributed by atoms with E-state index in [1.54, 1.807) is 6.92 Å². The van der Waals surface area contributed by atoms with Crippen LogP contribution in [0, 0.1) is 6.92 Å². The van der Waals surface area contributed by atoms with Gasteiger partial charge in [0.2, 0.25) is 0 Å². The lowest BCUT2D eigenvalue weighted by Gasteiger charge is -2.11. The maximum absolute atomic E-state index is 10.9. The third-order valence-corrected chi connectivity index (χ3v) is 2.42. The Morgan fingerprint density at radius 3 is 2.06 bits per heavy atom. The van der Waals surface area contributed by atoms with Crippen LogP contribution in [0.25, 0.3) is 0 Å². The summed E-state index contributed by atoms with van der Waals surface area (Å²) in [6.45, 7) is 1.32. The van der Waals surface area contributed by atoms with Gasteiger partial charge in [0, 0.05) is 6.61 Å². The summed E-state index contributed by atoms with van der Waals surface area (Å²) in [7, 11) is 0. The third-order valence-electron chi connectivity index (χ3n) is 2.42. The van der Waals surface area contributed by atoms with Crippen molar-refractivity contribution in [1.82, 2.24) is 0 Å². The van der Waals surface area contributed by atoms with E-state index >= 15 is 0 Å². The van der Waals surface area contributed by atoms with Crippen LogP contribution in [0.15, 0.2) is 12.1 Å². The standard InChI is InChI=1S/C11H12O5/c1-6-7(4-5-12)9(11(15)16)3-2-8(6)10(13)14/h2-3,12H,4-5H2,1H3,(H,13,14)(H,15,16). The molecule has 1 rings (SSSR count). The van der Waals surface area contributed by atoms with Crippen molar-refractivity contribution in [2.24, 2.45) is 0 Å². The summed E-state index contributed by atoms with van der Waals surface area (Å²) >= 11 is 0. The summed E-state index contributed by atoms with van der Waals surface area (Å²) in [6.07, 6.45) is 0.134. The third kappa shape index (κ3) is 2.20. The molecule has 0 spiro atoms. The van der Waals surface area contributed by atoms with E-state index in [-0.39, 0.29) is 24.2 Å². The quantitative estimate of drug-likeness (QED) is 0.707. The van der Waals surface area contributed by atoms with Gasteiger partial charge in [-0.25, -0.2) is 9.59 Å². The first kappa shape index (κ1) is 12.2. The van der Waals surface area contributed by atoms with Gasteiger partial charge in [-0.2, -0.15) is 0 Å². The lowest BCUT2D eigenvalue weighted by molar-refractivity contribution is 0.0679. The minimum Gasteiger partial charge on any atom is -0.478 e. The molecule has 0 aliphatic carbocycles. The Balaban J connectivity index is 3.41. The number of rotatable bonds is 4. The van der Waals surface area contributed by atoms with Crippen molar-refractivity contribution < 1.29 is 24.9 Å². The highest BCUT2D eigenvalue weighted by Crippen LogP contribution is 2.19. The van der Waals surface area contributed by atoms with E-state index in [0.717, 1.165) is 0 Å². The van der Waals surface area contributed by atoms with Crippen LogP contribution in [0.3, 0.4) is 0 Å². The molecule has 0 bridgehead atoms. The first-order valence-electron chi connectivity index (χ1n) is 4.69. The second kappa shape index (κ2) is 4.76. The molecule has 0 aromatic heterocycles. The van der Waals surface area contributed by atoms with Gasteiger partial charge in [0.1, 0.15) is 0 Å². The van der Waals surface area contributed by atoms with Crippen LogP contribution in [0.1, 0.15) is 31.8 Å². The molecule has 0 atom stereocenters. The maximum Gasteiger partial charge on any atom is 0.335 e. The van der Waals surface area contributed by atoms with E-state index < -0.39 is 11.9 Å². The predicted octanol–water partition coefficient (Wildman–Crippen LogP) is 0.926. The highest BCUT2D eigenvalue weighted by atomic mass is 16.4. The van der Waals surface area contributed by atoms with E-state index in [9.17, 15) is 9.59 Å². The monoisotopic (exact) mass is 224 g/mol. The molecular weight excluding hydrogens is 212 g/mol.